The Bertz CT molecular complexity index is 782. The Labute approximate surface area is 124 Å². The summed E-state index contributed by atoms with van der Waals surface area (Å²) in [5.41, 5.74) is 6.46. The molecule has 21 heavy (non-hydrogen) atoms. The maximum Gasteiger partial charge on any atom is 0.193 e. The van der Waals surface area contributed by atoms with Crippen molar-refractivity contribution < 1.29 is 9.90 Å². The topological polar surface area (TPSA) is 37.3 Å². The summed E-state index contributed by atoms with van der Waals surface area (Å²) in [6, 6.07) is 11.5. The van der Waals surface area contributed by atoms with E-state index in [1.54, 1.807) is 12.1 Å². The van der Waals surface area contributed by atoms with Crippen LogP contribution in [0.2, 0.25) is 0 Å². The zero-order chi connectivity index (χ0) is 15.1. The van der Waals surface area contributed by atoms with Crippen LogP contribution in [0, 0.1) is 20.8 Å². The predicted molar refractivity (Wildman–Crippen MR) is 84.7 cm³/mol. The average molecular weight is 278 g/mol. The molecule has 0 aliphatic heterocycles. The van der Waals surface area contributed by atoms with Crippen molar-refractivity contribution in [3.05, 3.63) is 75.4 Å². The second-order valence-corrected chi connectivity index (χ2v) is 5.74. The van der Waals surface area contributed by atoms with Gasteiger partial charge in [0.05, 0.1) is 0 Å². The van der Waals surface area contributed by atoms with Gasteiger partial charge < -0.3 is 5.11 Å². The average Bonchev–Trinajstić information content (AvgIpc) is 2.70. The van der Waals surface area contributed by atoms with Gasteiger partial charge in [-0.2, -0.15) is 0 Å². The SMILES string of the molecule is Cc1cc(C)c(CC2=C(O)c3ccccc3C2=O)cc1C. The van der Waals surface area contributed by atoms with Gasteiger partial charge in [0.25, 0.3) is 0 Å². The van der Waals surface area contributed by atoms with Crippen molar-refractivity contribution in [2.24, 2.45) is 0 Å². The van der Waals surface area contributed by atoms with Crippen LogP contribution in [0.1, 0.15) is 38.2 Å². The van der Waals surface area contributed by atoms with E-state index in [-0.39, 0.29) is 11.5 Å². The van der Waals surface area contributed by atoms with E-state index in [2.05, 4.69) is 26.0 Å². The summed E-state index contributed by atoms with van der Waals surface area (Å²) in [6.45, 7) is 6.20. The molecule has 0 saturated heterocycles. The number of carbonyl (C=O) groups is 1. The molecule has 0 bridgehead atoms. The van der Waals surface area contributed by atoms with E-state index in [1.807, 2.05) is 19.1 Å². The van der Waals surface area contributed by atoms with Crippen molar-refractivity contribution in [1.29, 1.82) is 0 Å². The Morgan fingerprint density at radius 2 is 1.52 bits per heavy atom. The smallest absolute Gasteiger partial charge is 0.193 e. The second-order valence-electron chi connectivity index (χ2n) is 5.74. The monoisotopic (exact) mass is 278 g/mol. The van der Waals surface area contributed by atoms with Gasteiger partial charge in [-0.25, -0.2) is 0 Å². The number of benzene rings is 2. The molecule has 2 aromatic carbocycles. The quantitative estimate of drug-likeness (QED) is 0.888. The van der Waals surface area contributed by atoms with E-state index in [9.17, 15) is 9.90 Å². The highest BCUT2D eigenvalue weighted by Crippen LogP contribution is 2.33. The van der Waals surface area contributed by atoms with Crippen molar-refractivity contribution in [2.75, 3.05) is 0 Å². The number of aryl methyl sites for hydroxylation is 3. The van der Waals surface area contributed by atoms with Crippen LogP contribution in [0.5, 0.6) is 0 Å². The molecule has 2 heteroatoms. The van der Waals surface area contributed by atoms with E-state index < -0.39 is 0 Å². The second kappa shape index (κ2) is 4.88. The van der Waals surface area contributed by atoms with Gasteiger partial charge in [-0.3, -0.25) is 4.79 Å². The third kappa shape index (κ3) is 2.17. The number of allylic oxidation sites excluding steroid dienone is 1. The molecular formula is C19H18O2. The maximum absolute atomic E-state index is 12.5. The number of rotatable bonds is 2. The molecule has 1 N–H and O–H groups in total. The van der Waals surface area contributed by atoms with Gasteiger partial charge in [0, 0.05) is 23.1 Å². The molecule has 1 aliphatic carbocycles. The number of Topliss-reactive ketones (excluding diaryl/α,β-unsaturated/α-hetero) is 1. The standard InChI is InChI=1S/C19H18O2/c1-11-8-13(3)14(9-12(11)2)10-17-18(20)15-6-4-5-7-16(15)19(17)21/h4-9,20H,10H2,1-3H3. The molecular weight excluding hydrogens is 260 g/mol. The first-order valence-corrected chi connectivity index (χ1v) is 7.12. The minimum Gasteiger partial charge on any atom is -0.507 e. The van der Waals surface area contributed by atoms with Crippen molar-refractivity contribution in [1.82, 2.24) is 0 Å². The van der Waals surface area contributed by atoms with Gasteiger partial charge in [-0.05, 0) is 43.0 Å². The summed E-state index contributed by atoms with van der Waals surface area (Å²) in [7, 11) is 0. The molecule has 0 aromatic heterocycles. The number of ketones is 1. The van der Waals surface area contributed by atoms with Crippen LogP contribution < -0.4 is 0 Å². The van der Waals surface area contributed by atoms with Crippen molar-refractivity contribution >= 4 is 11.5 Å². The molecule has 0 radical (unpaired) electrons. The third-order valence-corrected chi connectivity index (χ3v) is 4.31. The molecule has 1 aliphatic rings. The molecule has 2 aromatic rings. The van der Waals surface area contributed by atoms with Gasteiger partial charge in [0.15, 0.2) is 5.78 Å². The van der Waals surface area contributed by atoms with Crippen LogP contribution in [-0.2, 0) is 6.42 Å². The molecule has 106 valence electrons. The highest BCUT2D eigenvalue weighted by Gasteiger charge is 2.29. The van der Waals surface area contributed by atoms with E-state index >= 15 is 0 Å². The van der Waals surface area contributed by atoms with Gasteiger partial charge >= 0.3 is 0 Å². The van der Waals surface area contributed by atoms with E-state index in [4.69, 9.17) is 0 Å². The van der Waals surface area contributed by atoms with Gasteiger partial charge in [-0.1, -0.05) is 36.4 Å². The third-order valence-electron chi connectivity index (χ3n) is 4.31. The van der Waals surface area contributed by atoms with Crippen LogP contribution in [0.4, 0.5) is 0 Å². The molecule has 0 spiro atoms. The number of hydrogen-bond donors (Lipinski definition) is 1. The largest absolute Gasteiger partial charge is 0.507 e. The lowest BCUT2D eigenvalue weighted by Crippen LogP contribution is -2.04. The minimum absolute atomic E-state index is 0.0549. The van der Waals surface area contributed by atoms with Gasteiger partial charge in [0.1, 0.15) is 5.76 Å². The van der Waals surface area contributed by atoms with Crippen molar-refractivity contribution in [2.45, 2.75) is 27.2 Å². The predicted octanol–water partition coefficient (Wildman–Crippen LogP) is 4.32. The summed E-state index contributed by atoms with van der Waals surface area (Å²) in [4.78, 5) is 12.5. The van der Waals surface area contributed by atoms with Crippen molar-refractivity contribution in [3.8, 4) is 0 Å². The fraction of sp³-hybridized carbons (Fsp3) is 0.211. The molecule has 0 amide bonds. The van der Waals surface area contributed by atoms with E-state index in [1.165, 1.54) is 11.1 Å². The summed E-state index contributed by atoms with van der Waals surface area (Å²) in [6.07, 6.45) is 0.478. The molecule has 3 rings (SSSR count). The molecule has 2 nitrogen and oxygen atoms in total. The van der Waals surface area contributed by atoms with Crippen LogP contribution in [0.15, 0.2) is 42.0 Å². The van der Waals surface area contributed by atoms with E-state index in [0.29, 0.717) is 23.1 Å². The normalized spacial score (nSPS) is 13.8. The Kier molecular flexibility index (Phi) is 3.17. The summed E-state index contributed by atoms with van der Waals surface area (Å²) < 4.78 is 0. The maximum atomic E-state index is 12.5. The highest BCUT2D eigenvalue weighted by atomic mass is 16.3. The fourth-order valence-corrected chi connectivity index (χ4v) is 2.89. The van der Waals surface area contributed by atoms with Crippen LogP contribution in [0.25, 0.3) is 5.76 Å². The summed E-state index contributed by atoms with van der Waals surface area (Å²) >= 11 is 0. The Morgan fingerprint density at radius 1 is 0.905 bits per heavy atom. The lowest BCUT2D eigenvalue weighted by molar-refractivity contribution is 0.103. The Morgan fingerprint density at radius 3 is 2.19 bits per heavy atom. The highest BCUT2D eigenvalue weighted by molar-refractivity contribution is 6.19. The van der Waals surface area contributed by atoms with Gasteiger partial charge in [-0.15, -0.1) is 0 Å². The first kappa shape index (κ1) is 13.6. The molecule has 0 unspecified atom stereocenters. The molecule has 0 fully saturated rings. The zero-order valence-corrected chi connectivity index (χ0v) is 12.5. The number of hydrogen-bond acceptors (Lipinski definition) is 2. The summed E-state index contributed by atoms with van der Waals surface area (Å²) in [5.74, 6) is 0.0777. The van der Waals surface area contributed by atoms with Crippen LogP contribution in [0.3, 0.4) is 0 Å². The lowest BCUT2D eigenvalue weighted by atomic mass is 9.94. The fourth-order valence-electron chi connectivity index (χ4n) is 2.89. The first-order chi connectivity index (χ1) is 9.99. The Hall–Kier alpha value is -2.35. The first-order valence-electron chi connectivity index (χ1n) is 7.12. The molecule has 0 saturated carbocycles. The van der Waals surface area contributed by atoms with E-state index in [0.717, 1.165) is 11.1 Å². The van der Waals surface area contributed by atoms with Crippen molar-refractivity contribution in [3.63, 3.8) is 0 Å². The molecule has 0 heterocycles. The van der Waals surface area contributed by atoms with Gasteiger partial charge in [0.2, 0.25) is 0 Å². The Balaban J connectivity index is 2.03. The summed E-state index contributed by atoms with van der Waals surface area (Å²) in [5, 5.41) is 10.3. The lowest BCUT2D eigenvalue weighted by Gasteiger charge is -2.10. The number of carbonyl (C=O) groups excluding carboxylic acids is 1. The number of fused-ring (bicyclic) bond motifs is 1. The van der Waals surface area contributed by atoms with Crippen LogP contribution in [-0.4, -0.2) is 10.9 Å². The molecule has 0 atom stereocenters. The zero-order valence-electron chi connectivity index (χ0n) is 12.5. The number of aliphatic hydroxyl groups is 1. The van der Waals surface area contributed by atoms with Crippen LogP contribution >= 0.6 is 0 Å². The minimum atomic E-state index is -0.0549. The number of aliphatic hydroxyl groups excluding tert-OH is 1.